The molecule has 0 aliphatic carbocycles. The molecule has 0 unspecified atom stereocenters. The maximum absolute atomic E-state index is 11.3. The molecule has 1 heterocycles. The van der Waals surface area contributed by atoms with Gasteiger partial charge in [0.15, 0.2) is 0 Å². The summed E-state index contributed by atoms with van der Waals surface area (Å²) in [7, 11) is 0. The summed E-state index contributed by atoms with van der Waals surface area (Å²) in [6, 6.07) is 16.4. The Hall–Kier alpha value is -1.94. The second-order valence-corrected chi connectivity index (χ2v) is 6.75. The largest absolute Gasteiger partial charge is 0.494 e. The molecule has 1 N–H and O–H groups in total. The molecule has 4 heteroatoms. The van der Waals surface area contributed by atoms with Crippen LogP contribution >= 0.6 is 11.8 Å². The van der Waals surface area contributed by atoms with Crippen molar-refractivity contribution in [2.24, 2.45) is 0 Å². The van der Waals surface area contributed by atoms with E-state index in [2.05, 4.69) is 29.6 Å². The van der Waals surface area contributed by atoms with E-state index in [4.69, 9.17) is 4.74 Å². The van der Waals surface area contributed by atoms with E-state index < -0.39 is 0 Å². The fourth-order valence-electron chi connectivity index (χ4n) is 2.55. The van der Waals surface area contributed by atoms with Crippen LogP contribution in [-0.2, 0) is 11.2 Å². The summed E-state index contributed by atoms with van der Waals surface area (Å²) in [5.41, 5.74) is 2.09. The van der Waals surface area contributed by atoms with Crippen LogP contribution in [-0.4, -0.2) is 18.3 Å². The molecule has 3 nitrogen and oxygen atoms in total. The topological polar surface area (TPSA) is 38.3 Å². The molecular weight excluding hydrogens is 306 g/mol. The highest BCUT2D eigenvalue weighted by atomic mass is 32.2. The van der Waals surface area contributed by atoms with Gasteiger partial charge in [-0.05, 0) is 60.9 Å². The zero-order valence-electron chi connectivity index (χ0n) is 13.1. The lowest BCUT2D eigenvalue weighted by Gasteiger charge is -2.17. The fraction of sp³-hybridized carbons (Fsp3) is 0.316. The first-order valence-electron chi connectivity index (χ1n) is 8.05. The molecule has 1 aliphatic rings. The number of ether oxygens (including phenoxy) is 1. The fourth-order valence-corrected chi connectivity index (χ4v) is 3.48. The number of carbonyl (C=O) groups is 1. The lowest BCUT2D eigenvalue weighted by atomic mass is 10.0. The third-order valence-electron chi connectivity index (χ3n) is 3.79. The summed E-state index contributed by atoms with van der Waals surface area (Å²) in [4.78, 5) is 12.7. The summed E-state index contributed by atoms with van der Waals surface area (Å²) in [6.45, 7) is 0.737. The van der Waals surface area contributed by atoms with Crippen molar-refractivity contribution in [2.45, 2.75) is 30.6 Å². The van der Waals surface area contributed by atoms with Crippen LogP contribution in [0.4, 0.5) is 5.69 Å². The Morgan fingerprint density at radius 2 is 1.91 bits per heavy atom. The van der Waals surface area contributed by atoms with Gasteiger partial charge in [-0.15, -0.1) is 11.8 Å². The Balaban J connectivity index is 1.37. The van der Waals surface area contributed by atoms with Crippen molar-refractivity contribution in [3.05, 3.63) is 54.1 Å². The average molecular weight is 327 g/mol. The van der Waals surface area contributed by atoms with Gasteiger partial charge in [-0.1, -0.05) is 18.2 Å². The highest BCUT2D eigenvalue weighted by molar-refractivity contribution is 7.99. The van der Waals surface area contributed by atoms with Crippen LogP contribution in [0, 0.1) is 0 Å². The molecule has 0 bridgehead atoms. The molecule has 120 valence electrons. The smallest absolute Gasteiger partial charge is 0.224 e. The number of hydrogen-bond acceptors (Lipinski definition) is 3. The molecule has 2 aromatic rings. The van der Waals surface area contributed by atoms with Crippen molar-refractivity contribution >= 4 is 23.4 Å². The number of hydrogen-bond donors (Lipinski definition) is 1. The van der Waals surface area contributed by atoms with Gasteiger partial charge in [-0.3, -0.25) is 4.79 Å². The standard InChI is InChI=1S/C19H21NO2S/c21-19-11-8-15-14-16(9-10-18(15)20-19)22-12-4-5-13-23-17-6-2-1-3-7-17/h1-3,6-7,9-10,14H,4-5,8,11-13H2,(H,20,21). The number of benzene rings is 2. The van der Waals surface area contributed by atoms with Crippen molar-refractivity contribution in [2.75, 3.05) is 17.7 Å². The van der Waals surface area contributed by atoms with Crippen LogP contribution in [0.25, 0.3) is 0 Å². The quantitative estimate of drug-likeness (QED) is 0.600. The highest BCUT2D eigenvalue weighted by Gasteiger charge is 2.14. The number of nitrogens with one attached hydrogen (secondary N) is 1. The Bertz CT molecular complexity index is 658. The second-order valence-electron chi connectivity index (χ2n) is 5.58. The summed E-state index contributed by atoms with van der Waals surface area (Å²) in [5.74, 6) is 2.11. The molecule has 0 saturated heterocycles. The van der Waals surface area contributed by atoms with Crippen LogP contribution in [0.1, 0.15) is 24.8 Å². The number of amides is 1. The zero-order chi connectivity index (χ0) is 15.9. The first-order valence-corrected chi connectivity index (χ1v) is 9.03. The molecule has 1 aliphatic heterocycles. The summed E-state index contributed by atoms with van der Waals surface area (Å²) >= 11 is 1.89. The molecule has 3 rings (SSSR count). The van der Waals surface area contributed by atoms with Crippen LogP contribution in [0.5, 0.6) is 5.75 Å². The molecule has 1 amide bonds. The van der Waals surface area contributed by atoms with Gasteiger partial charge in [-0.25, -0.2) is 0 Å². The molecule has 0 saturated carbocycles. The third-order valence-corrected chi connectivity index (χ3v) is 4.89. The number of carbonyl (C=O) groups excluding carboxylic acids is 1. The van der Waals surface area contributed by atoms with Gasteiger partial charge in [0, 0.05) is 17.0 Å². The molecule has 0 atom stereocenters. The first kappa shape index (κ1) is 15.9. The third kappa shape index (κ3) is 4.76. The summed E-state index contributed by atoms with van der Waals surface area (Å²) in [6.07, 6.45) is 3.55. The Kier molecular flexibility index (Phi) is 5.59. The number of unbranched alkanes of at least 4 members (excludes halogenated alkanes) is 1. The van der Waals surface area contributed by atoms with Crippen LogP contribution in [0.3, 0.4) is 0 Å². The van der Waals surface area contributed by atoms with Crippen molar-refractivity contribution in [3.63, 3.8) is 0 Å². The van der Waals surface area contributed by atoms with E-state index in [0.29, 0.717) is 6.42 Å². The Morgan fingerprint density at radius 3 is 2.78 bits per heavy atom. The zero-order valence-corrected chi connectivity index (χ0v) is 13.9. The van der Waals surface area contributed by atoms with Crippen molar-refractivity contribution in [1.29, 1.82) is 0 Å². The summed E-state index contributed by atoms with van der Waals surface area (Å²) in [5, 5.41) is 2.89. The van der Waals surface area contributed by atoms with E-state index in [1.165, 1.54) is 10.5 Å². The van der Waals surface area contributed by atoms with Crippen molar-refractivity contribution in [1.82, 2.24) is 0 Å². The monoisotopic (exact) mass is 327 g/mol. The van der Waals surface area contributed by atoms with Crippen LogP contribution in [0.2, 0.25) is 0 Å². The predicted molar refractivity (Wildman–Crippen MR) is 95.3 cm³/mol. The molecule has 0 aromatic heterocycles. The molecule has 0 fully saturated rings. The minimum atomic E-state index is 0.0992. The van der Waals surface area contributed by atoms with Gasteiger partial charge in [0.1, 0.15) is 5.75 Å². The highest BCUT2D eigenvalue weighted by Crippen LogP contribution is 2.27. The molecular formula is C19H21NO2S. The Morgan fingerprint density at radius 1 is 1.04 bits per heavy atom. The van der Waals surface area contributed by atoms with E-state index in [1.807, 2.05) is 36.0 Å². The maximum atomic E-state index is 11.3. The van der Waals surface area contributed by atoms with E-state index in [9.17, 15) is 4.79 Å². The van der Waals surface area contributed by atoms with Crippen LogP contribution in [0.15, 0.2) is 53.4 Å². The van der Waals surface area contributed by atoms with E-state index in [-0.39, 0.29) is 5.91 Å². The predicted octanol–water partition coefficient (Wildman–Crippen LogP) is 4.52. The molecule has 0 spiro atoms. The van der Waals surface area contributed by atoms with Crippen LogP contribution < -0.4 is 10.1 Å². The first-order chi connectivity index (χ1) is 11.3. The van der Waals surface area contributed by atoms with Gasteiger partial charge < -0.3 is 10.1 Å². The maximum Gasteiger partial charge on any atom is 0.224 e. The molecule has 2 aromatic carbocycles. The lowest BCUT2D eigenvalue weighted by Crippen LogP contribution is -2.18. The minimum Gasteiger partial charge on any atom is -0.494 e. The Labute approximate surface area is 141 Å². The SMILES string of the molecule is O=C1CCc2cc(OCCCCSc3ccccc3)ccc2N1. The number of fused-ring (bicyclic) bond motifs is 1. The average Bonchev–Trinajstić information content (AvgIpc) is 2.59. The van der Waals surface area contributed by atoms with Gasteiger partial charge in [0.25, 0.3) is 0 Å². The van der Waals surface area contributed by atoms with Gasteiger partial charge in [-0.2, -0.15) is 0 Å². The molecule has 0 radical (unpaired) electrons. The van der Waals surface area contributed by atoms with Gasteiger partial charge in [0.05, 0.1) is 6.61 Å². The minimum absolute atomic E-state index is 0.0992. The van der Waals surface area contributed by atoms with Gasteiger partial charge in [0.2, 0.25) is 5.91 Å². The number of aryl methyl sites for hydroxylation is 1. The van der Waals surface area contributed by atoms with E-state index >= 15 is 0 Å². The van der Waals surface area contributed by atoms with E-state index in [1.54, 1.807) is 0 Å². The van der Waals surface area contributed by atoms with Gasteiger partial charge >= 0.3 is 0 Å². The van der Waals surface area contributed by atoms with Crippen molar-refractivity contribution in [3.8, 4) is 5.75 Å². The summed E-state index contributed by atoms with van der Waals surface area (Å²) < 4.78 is 5.83. The normalized spacial score (nSPS) is 13.3. The van der Waals surface area contributed by atoms with Crippen molar-refractivity contribution < 1.29 is 9.53 Å². The second kappa shape index (κ2) is 8.06. The molecule has 23 heavy (non-hydrogen) atoms. The van der Waals surface area contributed by atoms with E-state index in [0.717, 1.165) is 43.1 Å². The number of anilines is 1. The number of rotatable bonds is 7. The number of thioether (sulfide) groups is 1. The lowest BCUT2D eigenvalue weighted by molar-refractivity contribution is -0.116.